The van der Waals surface area contributed by atoms with Crippen molar-refractivity contribution in [3.63, 3.8) is 0 Å². The quantitative estimate of drug-likeness (QED) is 0.250. The zero-order valence-electron chi connectivity index (χ0n) is 23.3. The Morgan fingerprint density at radius 2 is 1.51 bits per heavy atom. The molecule has 0 amide bonds. The summed E-state index contributed by atoms with van der Waals surface area (Å²) in [5, 5.41) is 4.74. The van der Waals surface area contributed by atoms with Gasteiger partial charge in [-0.3, -0.25) is 0 Å². The second-order valence-electron chi connectivity index (χ2n) is 10.0. The molecule has 1 aliphatic rings. The molecule has 1 heterocycles. The lowest BCUT2D eigenvalue weighted by molar-refractivity contribution is 0.574. The fourth-order valence-corrected chi connectivity index (χ4v) is 5.48. The van der Waals surface area contributed by atoms with Crippen LogP contribution in [0.5, 0.6) is 0 Å². The Hall–Kier alpha value is -4.36. The van der Waals surface area contributed by atoms with Crippen molar-refractivity contribution in [3.05, 3.63) is 149 Å². The molecule has 194 valence electrons. The van der Waals surface area contributed by atoms with E-state index in [-0.39, 0.29) is 0 Å². The lowest BCUT2D eigenvalue weighted by Gasteiger charge is -2.13. The molecule has 0 saturated heterocycles. The highest BCUT2D eigenvalue weighted by Gasteiger charge is 2.14. The molecule has 1 heteroatoms. The van der Waals surface area contributed by atoms with E-state index in [1.165, 1.54) is 38.6 Å². The standard InChI is InChI=1S/C38H36O/c1-5-7-17-27(3)31-20-13-8-9-14-21-32(34-23-16-15-22-33(31)34)28(4)38-35-25-24-30(29-18-11-10-12-19-29)26-37(35)39-36(38)6-2/h5-18,20-26,29H,19H2,1-4H3/b7-5-,9-8?,13-8?,14-9?,20-13?,21-14?,27-17+,31-20?,32-21?,33-31?,34-32?,36-6+,38-28+. The van der Waals surface area contributed by atoms with Gasteiger partial charge >= 0.3 is 0 Å². The number of rotatable bonds is 4. The molecule has 1 aliphatic carbocycles. The Kier molecular flexibility index (Phi) is 8.08. The molecule has 0 N–H and O–H groups in total. The minimum absolute atomic E-state index is 0.391. The van der Waals surface area contributed by atoms with Crippen molar-refractivity contribution in [1.82, 2.24) is 0 Å². The van der Waals surface area contributed by atoms with Crippen molar-refractivity contribution in [2.75, 3.05) is 0 Å². The van der Waals surface area contributed by atoms with Crippen LogP contribution in [0.4, 0.5) is 0 Å². The van der Waals surface area contributed by atoms with Gasteiger partial charge in [0.2, 0.25) is 0 Å². The molecule has 39 heavy (non-hydrogen) atoms. The second kappa shape index (κ2) is 12.0. The highest BCUT2D eigenvalue weighted by Crippen LogP contribution is 2.29. The SMILES string of the molecule is C/C=C\C=C(/C)c1ccccccc(/C(C)=c2/c(=C\C)oc3cc(C4C=CC=CC4)ccc23)c2ccccc12. The van der Waals surface area contributed by atoms with Crippen molar-refractivity contribution in [1.29, 1.82) is 0 Å². The van der Waals surface area contributed by atoms with Crippen LogP contribution in [0, 0.1) is 0 Å². The lowest BCUT2D eigenvalue weighted by Crippen LogP contribution is -2.22. The van der Waals surface area contributed by atoms with Gasteiger partial charge in [0, 0.05) is 16.5 Å². The summed E-state index contributed by atoms with van der Waals surface area (Å²) in [7, 11) is 0. The van der Waals surface area contributed by atoms with E-state index in [1.54, 1.807) is 0 Å². The third kappa shape index (κ3) is 5.45. The van der Waals surface area contributed by atoms with Crippen molar-refractivity contribution < 1.29 is 4.42 Å². The molecule has 1 nitrogen and oxygen atoms in total. The molecule has 1 unspecified atom stereocenters. The van der Waals surface area contributed by atoms with Crippen molar-refractivity contribution in [3.8, 4) is 0 Å². The smallest absolute Gasteiger partial charge is 0.135 e. The number of fused-ring (bicyclic) bond motifs is 2. The van der Waals surface area contributed by atoms with E-state index in [0.29, 0.717) is 5.92 Å². The van der Waals surface area contributed by atoms with E-state index in [9.17, 15) is 0 Å². The van der Waals surface area contributed by atoms with Gasteiger partial charge in [-0.1, -0.05) is 115 Å². The molecular weight excluding hydrogens is 472 g/mol. The van der Waals surface area contributed by atoms with Crippen LogP contribution in [-0.2, 0) is 0 Å². The second-order valence-corrected chi connectivity index (χ2v) is 10.0. The third-order valence-electron chi connectivity index (χ3n) is 7.52. The van der Waals surface area contributed by atoms with Crippen LogP contribution >= 0.6 is 0 Å². The monoisotopic (exact) mass is 508 g/mol. The summed E-state index contributed by atoms with van der Waals surface area (Å²) in [6.07, 6.45) is 18.2. The molecule has 0 fully saturated rings. The van der Waals surface area contributed by atoms with E-state index >= 15 is 0 Å². The predicted molar refractivity (Wildman–Crippen MR) is 169 cm³/mol. The van der Waals surface area contributed by atoms with E-state index in [2.05, 4.69) is 148 Å². The zero-order valence-corrected chi connectivity index (χ0v) is 23.3. The van der Waals surface area contributed by atoms with Crippen LogP contribution in [0.1, 0.15) is 56.7 Å². The van der Waals surface area contributed by atoms with Gasteiger partial charge < -0.3 is 4.42 Å². The van der Waals surface area contributed by atoms with Crippen molar-refractivity contribution in [2.24, 2.45) is 0 Å². The number of hydrogen-bond acceptors (Lipinski definition) is 1. The fourth-order valence-electron chi connectivity index (χ4n) is 5.48. The van der Waals surface area contributed by atoms with Gasteiger partial charge in [0.15, 0.2) is 0 Å². The molecule has 1 atom stereocenters. The maximum atomic E-state index is 6.48. The lowest BCUT2D eigenvalue weighted by atomic mass is 9.91. The molecule has 4 aromatic rings. The minimum Gasteiger partial charge on any atom is -0.456 e. The van der Waals surface area contributed by atoms with Crippen molar-refractivity contribution >= 4 is 39.0 Å². The molecule has 5 rings (SSSR count). The van der Waals surface area contributed by atoms with Gasteiger partial charge in [0.1, 0.15) is 11.0 Å². The molecule has 1 aromatic heterocycles. The van der Waals surface area contributed by atoms with E-state index in [0.717, 1.165) is 28.0 Å². The van der Waals surface area contributed by atoms with Gasteiger partial charge in [0.05, 0.1) is 0 Å². The number of benzene rings is 2. The van der Waals surface area contributed by atoms with E-state index in [1.807, 2.05) is 6.92 Å². The van der Waals surface area contributed by atoms with E-state index < -0.39 is 0 Å². The topological polar surface area (TPSA) is 13.1 Å². The Morgan fingerprint density at radius 1 is 0.795 bits per heavy atom. The van der Waals surface area contributed by atoms with Gasteiger partial charge in [-0.25, -0.2) is 0 Å². The number of furan rings is 1. The normalized spacial score (nSPS) is 16.8. The molecule has 0 spiro atoms. The largest absolute Gasteiger partial charge is 0.456 e. The van der Waals surface area contributed by atoms with Gasteiger partial charge in [0.25, 0.3) is 0 Å². The predicted octanol–water partition coefficient (Wildman–Crippen LogP) is 9.31. The summed E-state index contributed by atoms with van der Waals surface area (Å²) in [5.41, 5.74) is 7.98. The van der Waals surface area contributed by atoms with Crippen LogP contribution in [-0.4, -0.2) is 0 Å². The average Bonchev–Trinajstić information content (AvgIpc) is 3.36. The molecule has 0 aliphatic heterocycles. The number of hydrogen-bond donors (Lipinski definition) is 0. The average molecular weight is 509 g/mol. The maximum absolute atomic E-state index is 6.48. The maximum Gasteiger partial charge on any atom is 0.135 e. The van der Waals surface area contributed by atoms with Crippen LogP contribution in [0.25, 0.3) is 39.0 Å². The Balaban J connectivity index is 1.85. The Bertz CT molecular complexity index is 1820. The van der Waals surface area contributed by atoms with Gasteiger partial charge in [-0.2, -0.15) is 0 Å². The third-order valence-corrected chi connectivity index (χ3v) is 7.52. The zero-order chi connectivity index (χ0) is 27.2. The van der Waals surface area contributed by atoms with Crippen LogP contribution in [0.3, 0.4) is 0 Å². The summed E-state index contributed by atoms with van der Waals surface area (Å²) in [5.74, 6) is 0.391. The highest BCUT2D eigenvalue weighted by atomic mass is 16.3. The first-order chi connectivity index (χ1) is 19.1. The Labute approximate surface area is 231 Å². The molecule has 0 bridgehead atoms. The summed E-state index contributed by atoms with van der Waals surface area (Å²) in [4.78, 5) is 0. The first-order valence-corrected chi connectivity index (χ1v) is 13.8. The van der Waals surface area contributed by atoms with Crippen molar-refractivity contribution in [2.45, 2.75) is 40.0 Å². The molecule has 0 radical (unpaired) electrons. The highest BCUT2D eigenvalue weighted by molar-refractivity contribution is 5.99. The summed E-state index contributed by atoms with van der Waals surface area (Å²) in [6.45, 7) is 8.51. The summed E-state index contributed by atoms with van der Waals surface area (Å²) < 4.78 is 6.48. The summed E-state index contributed by atoms with van der Waals surface area (Å²) >= 11 is 0. The number of allylic oxidation sites excluding steroid dienone is 8. The van der Waals surface area contributed by atoms with Gasteiger partial charge in [-0.05, 0) is 84.9 Å². The summed E-state index contributed by atoms with van der Waals surface area (Å²) in [6, 6.07) is 28.3. The van der Waals surface area contributed by atoms with Gasteiger partial charge in [-0.15, -0.1) is 0 Å². The van der Waals surface area contributed by atoms with E-state index in [4.69, 9.17) is 4.42 Å². The first-order valence-electron chi connectivity index (χ1n) is 13.8. The molecule has 3 aromatic carbocycles. The molecular formula is C38H36O. The van der Waals surface area contributed by atoms with Crippen LogP contribution in [0.15, 0.2) is 126 Å². The Morgan fingerprint density at radius 3 is 2.21 bits per heavy atom. The van der Waals surface area contributed by atoms with Crippen LogP contribution < -0.4 is 10.6 Å². The molecule has 0 saturated carbocycles. The fraction of sp³-hybridized carbons (Fsp3) is 0.158. The van der Waals surface area contributed by atoms with Crippen LogP contribution in [0.2, 0.25) is 0 Å². The first kappa shape index (κ1) is 26.3. The minimum atomic E-state index is 0.391.